The summed E-state index contributed by atoms with van der Waals surface area (Å²) in [4.78, 5) is 12.1. The minimum absolute atomic E-state index is 0. The third kappa shape index (κ3) is 5.08. The molecule has 1 fully saturated rings. The van der Waals surface area contributed by atoms with Crippen molar-refractivity contribution in [1.82, 2.24) is 15.5 Å². The quantitative estimate of drug-likeness (QED) is 0.786. The average molecular weight is 335 g/mol. The molecular formula is C17H23ClN4O. The van der Waals surface area contributed by atoms with Gasteiger partial charge in [0.15, 0.2) is 0 Å². The number of anilines is 1. The molecule has 0 radical (unpaired) electrons. The van der Waals surface area contributed by atoms with Crippen LogP contribution in [-0.4, -0.2) is 29.2 Å². The summed E-state index contributed by atoms with van der Waals surface area (Å²) >= 11 is 0. The largest absolute Gasteiger partial charge is 0.326 e. The number of nitrogens with zero attached hydrogens (tertiary/aromatic N) is 1. The number of piperidine rings is 1. The van der Waals surface area contributed by atoms with Crippen molar-refractivity contribution >= 4 is 24.0 Å². The molecule has 2 heterocycles. The van der Waals surface area contributed by atoms with E-state index in [1.807, 2.05) is 30.3 Å². The molecule has 0 saturated carbocycles. The number of nitrogens with one attached hydrogen (secondary N) is 3. The number of hydrogen-bond donors (Lipinski definition) is 3. The number of aromatic amines is 1. The highest BCUT2D eigenvalue weighted by molar-refractivity contribution is 5.91. The molecule has 1 aliphatic heterocycles. The van der Waals surface area contributed by atoms with Crippen molar-refractivity contribution in [2.24, 2.45) is 5.92 Å². The molecule has 0 spiro atoms. The lowest BCUT2D eigenvalue weighted by atomic mass is 9.93. The summed E-state index contributed by atoms with van der Waals surface area (Å²) < 4.78 is 0. The summed E-state index contributed by atoms with van der Waals surface area (Å²) in [5.74, 6) is 0.781. The van der Waals surface area contributed by atoms with Crippen LogP contribution >= 0.6 is 12.4 Å². The normalized spacial score (nSPS) is 15.0. The van der Waals surface area contributed by atoms with Gasteiger partial charge in [0.2, 0.25) is 5.91 Å². The van der Waals surface area contributed by atoms with Crippen molar-refractivity contribution < 1.29 is 4.79 Å². The molecule has 1 aromatic heterocycles. The second kappa shape index (κ2) is 8.70. The van der Waals surface area contributed by atoms with Crippen molar-refractivity contribution in [1.29, 1.82) is 0 Å². The number of aromatic nitrogens is 2. The molecule has 0 bridgehead atoms. The standard InChI is InChI=1S/C17H22N4O.ClH/c22-17(5-4-13-6-9-18-10-7-13)20-15-3-1-2-14(12-15)16-8-11-19-21-16;/h1-3,8,11-13,18H,4-7,9-10H2,(H,19,21)(H,20,22);1H. The fraction of sp³-hybridized carbons (Fsp3) is 0.412. The number of rotatable bonds is 5. The average Bonchev–Trinajstić information content (AvgIpc) is 3.09. The van der Waals surface area contributed by atoms with Crippen LogP contribution < -0.4 is 10.6 Å². The lowest BCUT2D eigenvalue weighted by molar-refractivity contribution is -0.116. The summed E-state index contributed by atoms with van der Waals surface area (Å²) in [6, 6.07) is 9.74. The SMILES string of the molecule is Cl.O=C(CCC1CCNCC1)Nc1cccc(-c2ccn[nH]2)c1. The maximum Gasteiger partial charge on any atom is 0.224 e. The van der Waals surface area contributed by atoms with Crippen LogP contribution in [0.4, 0.5) is 5.69 Å². The van der Waals surface area contributed by atoms with E-state index in [2.05, 4.69) is 20.8 Å². The first kappa shape index (κ1) is 17.5. The molecule has 0 unspecified atom stereocenters. The van der Waals surface area contributed by atoms with E-state index in [9.17, 15) is 4.79 Å². The Labute approximate surface area is 142 Å². The minimum atomic E-state index is 0. The van der Waals surface area contributed by atoms with Crippen LogP contribution in [0.5, 0.6) is 0 Å². The van der Waals surface area contributed by atoms with Crippen LogP contribution in [0.25, 0.3) is 11.3 Å². The first-order valence-electron chi connectivity index (χ1n) is 7.91. The van der Waals surface area contributed by atoms with Crippen molar-refractivity contribution in [2.45, 2.75) is 25.7 Å². The smallest absolute Gasteiger partial charge is 0.224 e. The zero-order valence-corrected chi connectivity index (χ0v) is 13.9. The number of carbonyl (C=O) groups excluding carboxylic acids is 1. The lowest BCUT2D eigenvalue weighted by Gasteiger charge is -2.22. The fourth-order valence-electron chi connectivity index (χ4n) is 2.91. The number of hydrogen-bond acceptors (Lipinski definition) is 3. The van der Waals surface area contributed by atoms with Gasteiger partial charge in [-0.25, -0.2) is 0 Å². The Hall–Kier alpha value is -1.85. The molecule has 1 amide bonds. The second-order valence-electron chi connectivity index (χ2n) is 5.83. The molecule has 3 rings (SSSR count). The summed E-state index contributed by atoms with van der Waals surface area (Å²) in [5, 5.41) is 13.2. The number of benzene rings is 1. The van der Waals surface area contributed by atoms with Gasteiger partial charge < -0.3 is 10.6 Å². The van der Waals surface area contributed by atoms with Gasteiger partial charge in [-0.15, -0.1) is 12.4 Å². The predicted octanol–water partition coefficient (Wildman–Crippen LogP) is 3.22. The van der Waals surface area contributed by atoms with Crippen molar-refractivity contribution in [3.8, 4) is 11.3 Å². The molecule has 23 heavy (non-hydrogen) atoms. The molecule has 0 atom stereocenters. The van der Waals surface area contributed by atoms with Gasteiger partial charge in [0.25, 0.3) is 0 Å². The Balaban J connectivity index is 0.00000192. The number of halogens is 1. The molecule has 124 valence electrons. The van der Waals surface area contributed by atoms with Gasteiger partial charge in [-0.1, -0.05) is 12.1 Å². The Morgan fingerprint density at radius 2 is 2.09 bits per heavy atom. The van der Waals surface area contributed by atoms with Crippen LogP contribution in [0, 0.1) is 5.92 Å². The summed E-state index contributed by atoms with van der Waals surface area (Å²) in [7, 11) is 0. The van der Waals surface area contributed by atoms with E-state index in [0.29, 0.717) is 12.3 Å². The molecule has 1 aromatic carbocycles. The first-order chi connectivity index (χ1) is 10.8. The van der Waals surface area contributed by atoms with Crippen LogP contribution in [-0.2, 0) is 4.79 Å². The number of carbonyl (C=O) groups is 1. The minimum Gasteiger partial charge on any atom is -0.326 e. The summed E-state index contributed by atoms with van der Waals surface area (Å²) in [6.45, 7) is 2.16. The van der Waals surface area contributed by atoms with Gasteiger partial charge in [-0.2, -0.15) is 5.10 Å². The van der Waals surface area contributed by atoms with E-state index < -0.39 is 0 Å². The van der Waals surface area contributed by atoms with E-state index in [4.69, 9.17) is 0 Å². The zero-order chi connectivity index (χ0) is 15.2. The van der Waals surface area contributed by atoms with Crippen LogP contribution in [0.3, 0.4) is 0 Å². The van der Waals surface area contributed by atoms with Gasteiger partial charge in [0, 0.05) is 23.9 Å². The molecule has 3 N–H and O–H groups in total. The van der Waals surface area contributed by atoms with Gasteiger partial charge in [0.1, 0.15) is 0 Å². The summed E-state index contributed by atoms with van der Waals surface area (Å²) in [6.07, 6.45) is 5.66. The fourth-order valence-corrected chi connectivity index (χ4v) is 2.91. The van der Waals surface area contributed by atoms with E-state index in [0.717, 1.165) is 36.5 Å². The Morgan fingerprint density at radius 1 is 1.26 bits per heavy atom. The van der Waals surface area contributed by atoms with Crippen LogP contribution in [0.15, 0.2) is 36.5 Å². The third-order valence-electron chi connectivity index (χ3n) is 4.20. The van der Waals surface area contributed by atoms with Gasteiger partial charge in [-0.05, 0) is 56.5 Å². The molecule has 0 aliphatic carbocycles. The molecule has 5 nitrogen and oxygen atoms in total. The van der Waals surface area contributed by atoms with Gasteiger partial charge in [-0.3, -0.25) is 9.89 Å². The number of H-pyrrole nitrogens is 1. The molecule has 1 saturated heterocycles. The second-order valence-corrected chi connectivity index (χ2v) is 5.83. The van der Waals surface area contributed by atoms with Gasteiger partial charge in [0.05, 0.1) is 5.69 Å². The number of amides is 1. The third-order valence-corrected chi connectivity index (χ3v) is 4.20. The zero-order valence-electron chi connectivity index (χ0n) is 13.0. The molecular weight excluding hydrogens is 312 g/mol. The van der Waals surface area contributed by atoms with Crippen molar-refractivity contribution in [3.63, 3.8) is 0 Å². The van der Waals surface area contributed by atoms with E-state index in [1.165, 1.54) is 12.8 Å². The lowest BCUT2D eigenvalue weighted by Crippen LogP contribution is -2.28. The Bertz CT molecular complexity index is 609. The molecule has 6 heteroatoms. The van der Waals surface area contributed by atoms with Crippen LogP contribution in [0.1, 0.15) is 25.7 Å². The highest BCUT2D eigenvalue weighted by atomic mass is 35.5. The highest BCUT2D eigenvalue weighted by Gasteiger charge is 2.14. The monoisotopic (exact) mass is 334 g/mol. The predicted molar refractivity (Wildman–Crippen MR) is 94.7 cm³/mol. The van der Waals surface area contributed by atoms with E-state index in [-0.39, 0.29) is 18.3 Å². The van der Waals surface area contributed by atoms with E-state index in [1.54, 1.807) is 6.20 Å². The highest BCUT2D eigenvalue weighted by Crippen LogP contribution is 2.21. The topological polar surface area (TPSA) is 69.8 Å². The molecule has 1 aliphatic rings. The van der Waals surface area contributed by atoms with Gasteiger partial charge >= 0.3 is 0 Å². The van der Waals surface area contributed by atoms with Crippen LogP contribution in [0.2, 0.25) is 0 Å². The molecule has 2 aromatic rings. The van der Waals surface area contributed by atoms with E-state index >= 15 is 0 Å². The van der Waals surface area contributed by atoms with Crippen molar-refractivity contribution in [2.75, 3.05) is 18.4 Å². The first-order valence-corrected chi connectivity index (χ1v) is 7.91. The maximum atomic E-state index is 12.1. The maximum absolute atomic E-state index is 12.1. The Kier molecular flexibility index (Phi) is 6.62. The summed E-state index contributed by atoms with van der Waals surface area (Å²) in [5.41, 5.74) is 2.81. The Morgan fingerprint density at radius 3 is 2.83 bits per heavy atom. The van der Waals surface area contributed by atoms with Crippen molar-refractivity contribution in [3.05, 3.63) is 36.5 Å².